The number of benzene rings is 2. The van der Waals surface area contributed by atoms with Crippen LogP contribution < -0.4 is 0 Å². The Bertz CT molecular complexity index is 1110. The lowest BCUT2D eigenvalue weighted by Crippen LogP contribution is -2.52. The second-order valence-electron chi connectivity index (χ2n) is 9.73. The third-order valence-electron chi connectivity index (χ3n) is 7.06. The molecular weight excluding hydrogens is 442 g/mol. The van der Waals surface area contributed by atoms with Crippen molar-refractivity contribution in [2.24, 2.45) is 5.92 Å². The number of hydrogen-bond acceptors (Lipinski definition) is 6. The minimum absolute atomic E-state index is 0.146. The van der Waals surface area contributed by atoms with Gasteiger partial charge in [-0.05, 0) is 59.9 Å². The van der Waals surface area contributed by atoms with Crippen LogP contribution in [0.25, 0.3) is 0 Å². The molecule has 5 atom stereocenters. The van der Waals surface area contributed by atoms with Crippen LogP contribution in [0.2, 0.25) is 0 Å². The summed E-state index contributed by atoms with van der Waals surface area (Å²) < 4.78 is 17.8. The predicted octanol–water partition coefficient (Wildman–Crippen LogP) is 5.38. The fourth-order valence-electron chi connectivity index (χ4n) is 5.09. The summed E-state index contributed by atoms with van der Waals surface area (Å²) in [6.45, 7) is 6.67. The Hall–Kier alpha value is -3.17. The largest absolute Gasteiger partial charge is 0.458 e. The van der Waals surface area contributed by atoms with Gasteiger partial charge in [0.05, 0.1) is 17.7 Å². The molecule has 1 heterocycles. The standard InChI is InChI=1S/C29H33NO5/c1-5-26-17(2)27(33-18(3)31)29(34-19(4)32)28(35-26)23-12-13-24(16-30)25(15-23)14-20-6-8-21(9-7-20)22-10-11-22/h6-9,12-13,15,17,22,26-29H,5,10-11,14H2,1-4H3/t17-,26-,27+,28+,29-/m1/s1. The van der Waals surface area contributed by atoms with Crippen LogP contribution in [-0.2, 0) is 30.2 Å². The van der Waals surface area contributed by atoms with E-state index in [1.54, 1.807) is 6.07 Å². The van der Waals surface area contributed by atoms with Crippen molar-refractivity contribution in [3.05, 3.63) is 70.3 Å². The Morgan fingerprint density at radius 2 is 1.63 bits per heavy atom. The molecule has 0 unspecified atom stereocenters. The van der Waals surface area contributed by atoms with E-state index >= 15 is 0 Å². The Morgan fingerprint density at radius 3 is 2.20 bits per heavy atom. The maximum Gasteiger partial charge on any atom is 0.303 e. The van der Waals surface area contributed by atoms with Crippen molar-refractivity contribution < 1.29 is 23.8 Å². The molecule has 2 aromatic rings. The Morgan fingerprint density at radius 1 is 1.00 bits per heavy atom. The van der Waals surface area contributed by atoms with Gasteiger partial charge in [-0.1, -0.05) is 50.2 Å². The first-order chi connectivity index (χ1) is 16.8. The van der Waals surface area contributed by atoms with E-state index in [1.165, 1.54) is 32.3 Å². The molecule has 0 spiro atoms. The summed E-state index contributed by atoms with van der Waals surface area (Å²) in [6, 6.07) is 16.5. The molecule has 35 heavy (non-hydrogen) atoms. The fourth-order valence-corrected chi connectivity index (χ4v) is 5.09. The third kappa shape index (κ3) is 5.74. The molecule has 2 aliphatic rings. The zero-order valence-corrected chi connectivity index (χ0v) is 20.8. The molecule has 0 aromatic heterocycles. The van der Waals surface area contributed by atoms with E-state index in [1.807, 2.05) is 26.0 Å². The van der Waals surface area contributed by atoms with E-state index in [-0.39, 0.29) is 12.0 Å². The predicted molar refractivity (Wildman–Crippen MR) is 131 cm³/mol. The van der Waals surface area contributed by atoms with Crippen LogP contribution in [0.3, 0.4) is 0 Å². The molecule has 0 N–H and O–H groups in total. The van der Waals surface area contributed by atoms with Gasteiger partial charge in [0.1, 0.15) is 12.2 Å². The van der Waals surface area contributed by atoms with Crippen molar-refractivity contribution in [2.75, 3.05) is 0 Å². The average Bonchev–Trinajstić information content (AvgIpc) is 3.67. The van der Waals surface area contributed by atoms with Crippen molar-refractivity contribution in [3.8, 4) is 6.07 Å². The van der Waals surface area contributed by atoms with Gasteiger partial charge in [-0.2, -0.15) is 5.26 Å². The lowest BCUT2D eigenvalue weighted by molar-refractivity contribution is -0.225. The van der Waals surface area contributed by atoms with Gasteiger partial charge in [0.2, 0.25) is 0 Å². The summed E-state index contributed by atoms with van der Waals surface area (Å²) in [5.74, 6) is -0.340. The molecule has 6 heteroatoms. The average molecular weight is 476 g/mol. The molecule has 6 nitrogen and oxygen atoms in total. The second-order valence-corrected chi connectivity index (χ2v) is 9.73. The molecule has 184 valence electrons. The van der Waals surface area contributed by atoms with E-state index in [2.05, 4.69) is 30.3 Å². The molecular formula is C29H33NO5. The maximum atomic E-state index is 12.0. The smallest absolute Gasteiger partial charge is 0.303 e. The number of hydrogen-bond donors (Lipinski definition) is 0. The zero-order chi connectivity index (χ0) is 25.1. The second kappa shape index (κ2) is 10.6. The molecule has 0 bridgehead atoms. The Labute approximate surface area is 207 Å². The number of ether oxygens (including phenoxy) is 3. The van der Waals surface area contributed by atoms with E-state index in [0.29, 0.717) is 17.9 Å². The highest BCUT2D eigenvalue weighted by Crippen LogP contribution is 2.41. The van der Waals surface area contributed by atoms with Gasteiger partial charge in [-0.3, -0.25) is 9.59 Å². The molecule has 1 aliphatic carbocycles. The fraction of sp³-hybridized carbons (Fsp3) is 0.483. The van der Waals surface area contributed by atoms with Gasteiger partial charge < -0.3 is 14.2 Å². The minimum Gasteiger partial charge on any atom is -0.458 e. The summed E-state index contributed by atoms with van der Waals surface area (Å²) in [7, 11) is 0. The number of esters is 2. The normalized spacial score (nSPS) is 26.0. The SMILES string of the molecule is CC[C@H]1O[C@@H](c2ccc(C#N)c(Cc3ccc(C4CC4)cc3)c2)[C@H](OC(C)=O)[C@@H](OC(C)=O)[C@@H]1C. The van der Waals surface area contributed by atoms with Gasteiger partial charge in [0, 0.05) is 19.8 Å². The Balaban J connectivity index is 1.67. The van der Waals surface area contributed by atoms with Crippen LogP contribution in [0.5, 0.6) is 0 Å². The molecule has 4 rings (SSSR count). The number of nitriles is 1. The highest BCUT2D eigenvalue weighted by Gasteiger charge is 2.47. The third-order valence-corrected chi connectivity index (χ3v) is 7.06. The first kappa shape index (κ1) is 24.9. The summed E-state index contributed by atoms with van der Waals surface area (Å²) in [4.78, 5) is 23.9. The quantitative estimate of drug-likeness (QED) is 0.500. The van der Waals surface area contributed by atoms with Gasteiger partial charge in [-0.15, -0.1) is 0 Å². The van der Waals surface area contributed by atoms with E-state index in [0.717, 1.165) is 23.1 Å². The first-order valence-electron chi connectivity index (χ1n) is 12.4. The van der Waals surface area contributed by atoms with Crippen LogP contribution in [0.1, 0.15) is 86.8 Å². The molecule has 1 saturated carbocycles. The molecule has 2 fully saturated rings. The minimum atomic E-state index is -0.784. The van der Waals surface area contributed by atoms with Gasteiger partial charge in [0.15, 0.2) is 6.10 Å². The van der Waals surface area contributed by atoms with Gasteiger partial charge in [0.25, 0.3) is 0 Å². The van der Waals surface area contributed by atoms with Gasteiger partial charge >= 0.3 is 11.9 Å². The van der Waals surface area contributed by atoms with Gasteiger partial charge in [-0.25, -0.2) is 0 Å². The van der Waals surface area contributed by atoms with Crippen molar-refractivity contribution >= 4 is 11.9 Å². The summed E-state index contributed by atoms with van der Waals surface area (Å²) in [6.07, 6.45) is 1.64. The first-order valence-corrected chi connectivity index (χ1v) is 12.4. The van der Waals surface area contributed by atoms with Crippen LogP contribution in [0.4, 0.5) is 0 Å². The van der Waals surface area contributed by atoms with Crippen LogP contribution in [0.15, 0.2) is 42.5 Å². The van der Waals surface area contributed by atoms with Crippen LogP contribution >= 0.6 is 0 Å². The molecule has 2 aromatic carbocycles. The monoisotopic (exact) mass is 475 g/mol. The zero-order valence-electron chi connectivity index (χ0n) is 20.8. The van der Waals surface area contributed by atoms with Crippen LogP contribution in [0, 0.1) is 17.2 Å². The summed E-state index contributed by atoms with van der Waals surface area (Å²) in [5, 5.41) is 9.74. The summed E-state index contributed by atoms with van der Waals surface area (Å²) >= 11 is 0. The lowest BCUT2D eigenvalue weighted by Gasteiger charge is -2.44. The molecule has 1 saturated heterocycles. The number of rotatable bonds is 7. The molecule has 1 aliphatic heterocycles. The summed E-state index contributed by atoms with van der Waals surface area (Å²) in [5.41, 5.74) is 4.77. The topological polar surface area (TPSA) is 85.6 Å². The Kier molecular flexibility index (Phi) is 7.57. The van der Waals surface area contributed by atoms with Crippen molar-refractivity contribution in [2.45, 2.75) is 83.7 Å². The number of nitrogens with zero attached hydrogens (tertiary/aromatic N) is 1. The lowest BCUT2D eigenvalue weighted by atomic mass is 9.83. The van der Waals surface area contributed by atoms with E-state index in [9.17, 15) is 14.9 Å². The molecule has 0 radical (unpaired) electrons. The maximum absolute atomic E-state index is 12.0. The number of carbonyl (C=O) groups is 2. The van der Waals surface area contributed by atoms with Crippen molar-refractivity contribution in [3.63, 3.8) is 0 Å². The van der Waals surface area contributed by atoms with Crippen molar-refractivity contribution in [1.29, 1.82) is 5.26 Å². The highest BCUT2D eigenvalue weighted by molar-refractivity contribution is 5.67. The van der Waals surface area contributed by atoms with Crippen molar-refractivity contribution in [1.82, 2.24) is 0 Å². The van der Waals surface area contributed by atoms with E-state index < -0.39 is 30.3 Å². The van der Waals surface area contributed by atoms with E-state index in [4.69, 9.17) is 14.2 Å². The number of carbonyl (C=O) groups excluding carboxylic acids is 2. The highest BCUT2D eigenvalue weighted by atomic mass is 16.6. The molecule has 0 amide bonds. The van der Waals surface area contributed by atoms with Crippen LogP contribution in [-0.4, -0.2) is 30.3 Å².